The lowest BCUT2D eigenvalue weighted by atomic mass is 9.71. The Balaban J connectivity index is 1.85. The Morgan fingerprint density at radius 2 is 2.05 bits per heavy atom. The van der Waals surface area contributed by atoms with Crippen LogP contribution in [0.3, 0.4) is 0 Å². The number of benzene rings is 1. The molecule has 1 heterocycles. The molecule has 0 aromatic heterocycles. The maximum atomic E-state index is 12.9. The molecule has 0 spiro atoms. The molecule has 118 valence electrons. The molecular formula is C18H23NO3. The summed E-state index contributed by atoms with van der Waals surface area (Å²) in [4.78, 5) is 15.0. The van der Waals surface area contributed by atoms with Crippen LogP contribution in [0.2, 0.25) is 0 Å². The second-order valence-corrected chi connectivity index (χ2v) is 6.76. The van der Waals surface area contributed by atoms with E-state index in [1.807, 2.05) is 38.4 Å². The molecule has 22 heavy (non-hydrogen) atoms. The van der Waals surface area contributed by atoms with Gasteiger partial charge >= 0.3 is 0 Å². The van der Waals surface area contributed by atoms with Crippen LogP contribution in [0, 0.1) is 5.41 Å². The summed E-state index contributed by atoms with van der Waals surface area (Å²) >= 11 is 0. The number of hydrogen-bond donors (Lipinski definition) is 0. The molecule has 1 aromatic rings. The van der Waals surface area contributed by atoms with E-state index in [4.69, 9.17) is 9.47 Å². The SMILES string of the molecule is CN(C)CC1(C)CCC/C(=C/c2ccc3c(c2)OCO3)C1=O. The van der Waals surface area contributed by atoms with Crippen molar-refractivity contribution in [2.75, 3.05) is 27.4 Å². The molecule has 0 radical (unpaired) electrons. The predicted molar refractivity (Wildman–Crippen MR) is 86.1 cm³/mol. The first-order valence-corrected chi connectivity index (χ1v) is 7.78. The summed E-state index contributed by atoms with van der Waals surface area (Å²) in [6.45, 7) is 3.15. The highest BCUT2D eigenvalue weighted by Crippen LogP contribution is 2.38. The third kappa shape index (κ3) is 2.88. The molecule has 0 bridgehead atoms. The summed E-state index contributed by atoms with van der Waals surface area (Å²) in [6.07, 6.45) is 4.89. The fourth-order valence-electron chi connectivity index (χ4n) is 3.47. The van der Waals surface area contributed by atoms with Crippen LogP contribution in [0.25, 0.3) is 6.08 Å². The Bertz CT molecular complexity index is 621. The van der Waals surface area contributed by atoms with Crippen molar-refractivity contribution in [3.63, 3.8) is 0 Å². The topological polar surface area (TPSA) is 38.8 Å². The van der Waals surface area contributed by atoms with Gasteiger partial charge in [-0.3, -0.25) is 4.79 Å². The normalized spacial score (nSPS) is 26.0. The Hall–Kier alpha value is -1.81. The largest absolute Gasteiger partial charge is 0.454 e. The quantitative estimate of drug-likeness (QED) is 0.804. The van der Waals surface area contributed by atoms with E-state index in [1.165, 1.54) is 0 Å². The van der Waals surface area contributed by atoms with Crippen molar-refractivity contribution in [1.29, 1.82) is 0 Å². The lowest BCUT2D eigenvalue weighted by Crippen LogP contribution is -2.41. The smallest absolute Gasteiger partial charge is 0.231 e. The van der Waals surface area contributed by atoms with Crippen molar-refractivity contribution in [2.24, 2.45) is 5.41 Å². The van der Waals surface area contributed by atoms with Crippen molar-refractivity contribution >= 4 is 11.9 Å². The van der Waals surface area contributed by atoms with Gasteiger partial charge in [-0.25, -0.2) is 0 Å². The molecule has 1 saturated carbocycles. The first-order chi connectivity index (χ1) is 10.5. The second kappa shape index (κ2) is 5.76. The standard InChI is InChI=1S/C18H23NO3/c1-18(11-19(2)3)8-4-5-14(17(18)20)9-13-6-7-15-16(10-13)22-12-21-15/h6-7,9-10H,4-5,8,11-12H2,1-3H3/b14-9-. The van der Waals surface area contributed by atoms with Crippen molar-refractivity contribution < 1.29 is 14.3 Å². The van der Waals surface area contributed by atoms with Crippen LogP contribution >= 0.6 is 0 Å². The molecule has 1 fully saturated rings. The summed E-state index contributed by atoms with van der Waals surface area (Å²) < 4.78 is 10.7. The molecule has 0 saturated heterocycles. The van der Waals surface area contributed by atoms with Gasteiger partial charge in [0.25, 0.3) is 0 Å². The average molecular weight is 301 g/mol. The number of allylic oxidation sites excluding steroid dienone is 1. The number of ether oxygens (including phenoxy) is 2. The van der Waals surface area contributed by atoms with Gasteiger partial charge in [0, 0.05) is 12.0 Å². The zero-order valence-corrected chi connectivity index (χ0v) is 13.5. The van der Waals surface area contributed by atoms with Crippen LogP contribution in [0.5, 0.6) is 11.5 Å². The van der Waals surface area contributed by atoms with Gasteiger partial charge in [0.2, 0.25) is 6.79 Å². The summed E-state index contributed by atoms with van der Waals surface area (Å²) in [7, 11) is 4.04. The van der Waals surface area contributed by atoms with E-state index in [-0.39, 0.29) is 18.0 Å². The van der Waals surface area contributed by atoms with E-state index >= 15 is 0 Å². The van der Waals surface area contributed by atoms with E-state index < -0.39 is 0 Å². The third-order valence-electron chi connectivity index (χ3n) is 4.42. The molecule has 1 aromatic carbocycles. The monoisotopic (exact) mass is 301 g/mol. The first kappa shape index (κ1) is 15.1. The van der Waals surface area contributed by atoms with Gasteiger partial charge in [-0.05, 0) is 62.7 Å². The van der Waals surface area contributed by atoms with Crippen molar-refractivity contribution in [1.82, 2.24) is 4.90 Å². The lowest BCUT2D eigenvalue weighted by molar-refractivity contribution is -0.126. The first-order valence-electron chi connectivity index (χ1n) is 7.78. The number of nitrogens with zero attached hydrogens (tertiary/aromatic N) is 1. The Morgan fingerprint density at radius 1 is 1.27 bits per heavy atom. The lowest BCUT2D eigenvalue weighted by Gasteiger charge is -2.35. The highest BCUT2D eigenvalue weighted by molar-refractivity contribution is 6.04. The number of ketones is 1. The van der Waals surface area contributed by atoms with Crippen LogP contribution in [0.15, 0.2) is 23.8 Å². The van der Waals surface area contributed by atoms with E-state index in [0.29, 0.717) is 0 Å². The Labute approximate surface area is 131 Å². The van der Waals surface area contributed by atoms with E-state index in [1.54, 1.807) is 0 Å². The Morgan fingerprint density at radius 3 is 2.82 bits per heavy atom. The summed E-state index contributed by atoms with van der Waals surface area (Å²) in [5, 5.41) is 0. The molecule has 4 nitrogen and oxygen atoms in total. The molecule has 0 amide bonds. The minimum absolute atomic E-state index is 0.273. The van der Waals surface area contributed by atoms with Gasteiger partial charge in [0.1, 0.15) is 0 Å². The molecule has 1 aliphatic heterocycles. The van der Waals surface area contributed by atoms with E-state index in [0.717, 1.165) is 48.4 Å². The second-order valence-electron chi connectivity index (χ2n) is 6.76. The minimum atomic E-state index is -0.274. The molecule has 3 rings (SSSR count). The predicted octanol–water partition coefficient (Wildman–Crippen LogP) is 3.12. The third-order valence-corrected chi connectivity index (χ3v) is 4.42. The number of fused-ring (bicyclic) bond motifs is 1. The van der Waals surface area contributed by atoms with Crippen molar-refractivity contribution in [3.05, 3.63) is 29.3 Å². The zero-order chi connectivity index (χ0) is 15.7. The minimum Gasteiger partial charge on any atom is -0.454 e. The highest BCUT2D eigenvalue weighted by atomic mass is 16.7. The summed E-state index contributed by atoms with van der Waals surface area (Å²) in [5.41, 5.74) is 1.65. The molecule has 1 atom stereocenters. The molecule has 4 heteroatoms. The van der Waals surface area contributed by atoms with Gasteiger partial charge < -0.3 is 14.4 Å². The van der Waals surface area contributed by atoms with E-state index in [9.17, 15) is 4.79 Å². The summed E-state index contributed by atoms with van der Waals surface area (Å²) in [6, 6.07) is 5.83. The maximum absolute atomic E-state index is 12.9. The fraction of sp³-hybridized carbons (Fsp3) is 0.500. The number of carbonyl (C=O) groups excluding carboxylic acids is 1. The summed E-state index contributed by atoms with van der Waals surface area (Å²) in [5.74, 6) is 1.81. The van der Waals surface area contributed by atoms with Crippen LogP contribution in [-0.2, 0) is 4.79 Å². The zero-order valence-electron chi connectivity index (χ0n) is 13.5. The maximum Gasteiger partial charge on any atom is 0.231 e. The highest BCUT2D eigenvalue weighted by Gasteiger charge is 2.38. The van der Waals surface area contributed by atoms with Gasteiger partial charge in [0.05, 0.1) is 0 Å². The number of carbonyl (C=O) groups is 1. The van der Waals surface area contributed by atoms with E-state index in [2.05, 4.69) is 11.8 Å². The average Bonchev–Trinajstić information content (AvgIpc) is 2.91. The van der Waals surface area contributed by atoms with Crippen LogP contribution in [-0.4, -0.2) is 38.1 Å². The number of Topliss-reactive ketones (excluding diaryl/α,β-unsaturated/α-hetero) is 1. The van der Waals surface area contributed by atoms with Crippen molar-refractivity contribution in [3.8, 4) is 11.5 Å². The number of rotatable bonds is 3. The van der Waals surface area contributed by atoms with Crippen LogP contribution in [0.4, 0.5) is 0 Å². The fourth-order valence-corrected chi connectivity index (χ4v) is 3.47. The molecule has 1 unspecified atom stereocenters. The molecule has 0 N–H and O–H groups in total. The Kier molecular flexibility index (Phi) is 3.96. The van der Waals surface area contributed by atoms with Gasteiger partial charge in [-0.1, -0.05) is 13.0 Å². The molecule has 1 aliphatic carbocycles. The molecular weight excluding hydrogens is 278 g/mol. The van der Waals surface area contributed by atoms with Gasteiger partial charge in [-0.2, -0.15) is 0 Å². The molecule has 2 aliphatic rings. The van der Waals surface area contributed by atoms with Crippen molar-refractivity contribution in [2.45, 2.75) is 26.2 Å². The number of hydrogen-bond acceptors (Lipinski definition) is 4. The van der Waals surface area contributed by atoms with Crippen LogP contribution in [0.1, 0.15) is 31.7 Å². The van der Waals surface area contributed by atoms with Gasteiger partial charge in [-0.15, -0.1) is 0 Å². The van der Waals surface area contributed by atoms with Gasteiger partial charge in [0.15, 0.2) is 17.3 Å². The van der Waals surface area contributed by atoms with Crippen LogP contribution < -0.4 is 9.47 Å².